The first-order valence-electron chi connectivity index (χ1n) is 8.77. The average Bonchev–Trinajstić information content (AvgIpc) is 2.64. The molecule has 1 atom stereocenters. The summed E-state index contributed by atoms with van der Waals surface area (Å²) in [5, 5.41) is 17.0. The molecular weight excluding hydrogens is 374 g/mol. The number of benzene rings is 1. The summed E-state index contributed by atoms with van der Waals surface area (Å²) in [4.78, 5) is 25.9. The highest BCUT2D eigenvalue weighted by Crippen LogP contribution is 2.25. The van der Waals surface area contributed by atoms with E-state index in [9.17, 15) is 23.1 Å². The fraction of sp³-hybridized carbons (Fsp3) is 0.529. The number of hydrogen-bond donors (Lipinski definition) is 3. The number of carbonyl (C=O) groups excluding carboxylic acids is 1. The van der Waals surface area contributed by atoms with E-state index in [1.54, 1.807) is 0 Å². The number of morpholine rings is 1. The molecule has 0 bridgehead atoms. The van der Waals surface area contributed by atoms with E-state index in [1.165, 1.54) is 18.2 Å². The van der Waals surface area contributed by atoms with Crippen LogP contribution in [-0.4, -0.2) is 57.7 Å². The third-order valence-corrected chi connectivity index (χ3v) is 5.25. The van der Waals surface area contributed by atoms with Crippen molar-refractivity contribution >= 4 is 27.6 Å². The number of amides is 1. The van der Waals surface area contributed by atoms with Gasteiger partial charge >= 0.3 is 5.97 Å². The number of nitrogens with one attached hydrogen (secondary N) is 1. The Morgan fingerprint density at radius 2 is 2.00 bits per heavy atom. The van der Waals surface area contributed by atoms with Gasteiger partial charge in [-0.2, -0.15) is 0 Å². The number of primary sulfonamides is 1. The van der Waals surface area contributed by atoms with E-state index in [1.807, 2.05) is 11.8 Å². The Morgan fingerprint density at radius 3 is 2.56 bits per heavy atom. The van der Waals surface area contributed by atoms with Gasteiger partial charge in [-0.05, 0) is 24.6 Å². The molecule has 0 aromatic heterocycles. The van der Waals surface area contributed by atoms with Gasteiger partial charge in [0.2, 0.25) is 10.0 Å². The first-order chi connectivity index (χ1) is 12.7. The molecule has 1 amide bonds. The van der Waals surface area contributed by atoms with Gasteiger partial charge in [0.05, 0.1) is 23.7 Å². The Morgan fingerprint density at radius 1 is 1.33 bits per heavy atom. The Balaban J connectivity index is 2.37. The number of anilines is 1. The quantitative estimate of drug-likeness (QED) is 0.580. The molecule has 1 aromatic rings. The van der Waals surface area contributed by atoms with Crippen molar-refractivity contribution in [3.63, 3.8) is 0 Å². The maximum atomic E-state index is 12.8. The number of nitrogens with zero attached hydrogens (tertiary/aromatic N) is 1. The topological polar surface area (TPSA) is 139 Å². The fourth-order valence-electron chi connectivity index (χ4n) is 2.86. The van der Waals surface area contributed by atoms with Crippen molar-refractivity contribution in [2.75, 3.05) is 31.2 Å². The van der Waals surface area contributed by atoms with Gasteiger partial charge < -0.3 is 20.1 Å². The first-order valence-corrected chi connectivity index (χ1v) is 10.3. The number of unbranched alkanes of at least 4 members (excludes halogenated alkanes) is 1. The van der Waals surface area contributed by atoms with E-state index in [4.69, 9.17) is 9.88 Å². The molecule has 150 valence electrons. The minimum Gasteiger partial charge on any atom is -0.480 e. The summed E-state index contributed by atoms with van der Waals surface area (Å²) in [5.74, 6) is -1.78. The van der Waals surface area contributed by atoms with Crippen molar-refractivity contribution in [1.29, 1.82) is 0 Å². The minimum atomic E-state index is -4.00. The Bertz CT molecular complexity index is 790. The zero-order valence-electron chi connectivity index (χ0n) is 15.2. The number of carboxylic acids is 1. The van der Waals surface area contributed by atoms with Gasteiger partial charge in [-0.25, -0.2) is 18.4 Å². The van der Waals surface area contributed by atoms with Crippen LogP contribution in [0.2, 0.25) is 0 Å². The third-order valence-electron chi connectivity index (χ3n) is 4.34. The van der Waals surface area contributed by atoms with E-state index in [-0.39, 0.29) is 10.5 Å². The van der Waals surface area contributed by atoms with Gasteiger partial charge in [0, 0.05) is 18.8 Å². The van der Waals surface area contributed by atoms with Gasteiger partial charge in [-0.3, -0.25) is 4.79 Å². The number of carbonyl (C=O) groups is 2. The zero-order valence-corrected chi connectivity index (χ0v) is 16.0. The molecule has 1 unspecified atom stereocenters. The van der Waals surface area contributed by atoms with Crippen LogP contribution in [0.4, 0.5) is 5.69 Å². The van der Waals surface area contributed by atoms with E-state index >= 15 is 0 Å². The molecule has 10 heteroatoms. The summed E-state index contributed by atoms with van der Waals surface area (Å²) in [6.45, 7) is 3.95. The second-order valence-corrected chi connectivity index (χ2v) is 7.89. The second kappa shape index (κ2) is 9.16. The van der Waals surface area contributed by atoms with Crippen LogP contribution in [0.25, 0.3) is 0 Å². The number of carboxylic acid groups (broad SMARTS) is 1. The van der Waals surface area contributed by atoms with Crippen LogP contribution < -0.4 is 15.4 Å². The lowest BCUT2D eigenvalue weighted by Gasteiger charge is -2.30. The van der Waals surface area contributed by atoms with Crippen molar-refractivity contribution in [1.82, 2.24) is 5.32 Å². The fourth-order valence-corrected chi connectivity index (χ4v) is 3.40. The monoisotopic (exact) mass is 399 g/mol. The van der Waals surface area contributed by atoms with Gasteiger partial charge in [0.25, 0.3) is 5.91 Å². The van der Waals surface area contributed by atoms with Crippen LogP contribution >= 0.6 is 0 Å². The predicted molar refractivity (Wildman–Crippen MR) is 99.3 cm³/mol. The summed E-state index contributed by atoms with van der Waals surface area (Å²) in [7, 11) is -4.00. The largest absolute Gasteiger partial charge is 0.480 e. The molecule has 1 aliphatic rings. The summed E-state index contributed by atoms with van der Waals surface area (Å²) < 4.78 is 28.7. The zero-order chi connectivity index (χ0) is 20.0. The molecule has 0 radical (unpaired) electrons. The summed E-state index contributed by atoms with van der Waals surface area (Å²) in [6.07, 6.45) is 1.73. The van der Waals surface area contributed by atoms with E-state index in [0.717, 1.165) is 6.42 Å². The van der Waals surface area contributed by atoms with Crippen LogP contribution in [0.5, 0.6) is 0 Å². The molecule has 1 heterocycles. The number of nitrogens with two attached hydrogens (primary N) is 1. The lowest BCUT2D eigenvalue weighted by Crippen LogP contribution is -2.42. The third kappa shape index (κ3) is 5.65. The maximum Gasteiger partial charge on any atom is 0.326 e. The van der Waals surface area contributed by atoms with Crippen LogP contribution in [0.1, 0.15) is 36.5 Å². The Hall–Kier alpha value is -2.17. The number of aliphatic carboxylic acids is 1. The normalized spacial score (nSPS) is 16.0. The van der Waals surface area contributed by atoms with E-state index in [0.29, 0.717) is 44.8 Å². The smallest absolute Gasteiger partial charge is 0.326 e. The van der Waals surface area contributed by atoms with Crippen LogP contribution in [0.3, 0.4) is 0 Å². The van der Waals surface area contributed by atoms with Crippen molar-refractivity contribution in [2.45, 2.75) is 37.1 Å². The summed E-state index contributed by atoms with van der Waals surface area (Å²) in [5.41, 5.74) is 0.592. The van der Waals surface area contributed by atoms with E-state index < -0.39 is 27.9 Å². The molecule has 1 saturated heterocycles. The van der Waals surface area contributed by atoms with Crippen molar-refractivity contribution in [3.8, 4) is 0 Å². The SMILES string of the molecule is CCCCC(NC(=O)c1cc(S(N)(=O)=O)ccc1N1CCOCC1)C(=O)O. The van der Waals surface area contributed by atoms with Gasteiger partial charge in [-0.1, -0.05) is 19.8 Å². The van der Waals surface area contributed by atoms with E-state index in [2.05, 4.69) is 5.32 Å². The first kappa shape index (κ1) is 21.1. The van der Waals surface area contributed by atoms with Crippen molar-refractivity contribution in [2.24, 2.45) is 5.14 Å². The molecule has 1 aliphatic heterocycles. The van der Waals surface area contributed by atoms with Crippen LogP contribution in [0.15, 0.2) is 23.1 Å². The Kier molecular flexibility index (Phi) is 7.17. The van der Waals surface area contributed by atoms with Gasteiger partial charge in [0.15, 0.2) is 0 Å². The highest BCUT2D eigenvalue weighted by Gasteiger charge is 2.25. The molecule has 27 heavy (non-hydrogen) atoms. The number of sulfonamides is 1. The molecular formula is C17H25N3O6S. The van der Waals surface area contributed by atoms with Crippen molar-refractivity contribution in [3.05, 3.63) is 23.8 Å². The van der Waals surface area contributed by atoms with Crippen LogP contribution in [0, 0.1) is 0 Å². The molecule has 0 saturated carbocycles. The molecule has 9 nitrogen and oxygen atoms in total. The molecule has 1 aromatic carbocycles. The highest BCUT2D eigenvalue weighted by atomic mass is 32.2. The highest BCUT2D eigenvalue weighted by molar-refractivity contribution is 7.89. The maximum absolute atomic E-state index is 12.8. The molecule has 4 N–H and O–H groups in total. The standard InChI is InChI=1S/C17H25N3O6S/c1-2-3-4-14(17(22)23)19-16(21)13-11-12(27(18,24)25)5-6-15(13)20-7-9-26-10-8-20/h5-6,11,14H,2-4,7-10H2,1H3,(H,19,21)(H,22,23)(H2,18,24,25). The lowest BCUT2D eigenvalue weighted by molar-refractivity contribution is -0.139. The van der Waals surface area contributed by atoms with Gasteiger partial charge in [0.1, 0.15) is 6.04 Å². The molecule has 0 aliphatic carbocycles. The molecule has 1 fully saturated rings. The predicted octanol–water partition coefficient (Wildman–Crippen LogP) is 0.544. The minimum absolute atomic E-state index is 0.0752. The molecule has 2 rings (SSSR count). The summed E-state index contributed by atoms with van der Waals surface area (Å²) >= 11 is 0. The van der Waals surface area contributed by atoms with Crippen LogP contribution in [-0.2, 0) is 19.6 Å². The second-order valence-electron chi connectivity index (χ2n) is 6.33. The average molecular weight is 399 g/mol. The number of rotatable bonds is 8. The number of ether oxygens (including phenoxy) is 1. The molecule has 0 spiro atoms. The Labute approximate surface area is 158 Å². The van der Waals surface area contributed by atoms with Gasteiger partial charge in [-0.15, -0.1) is 0 Å². The van der Waals surface area contributed by atoms with Crippen molar-refractivity contribution < 1.29 is 27.9 Å². The lowest BCUT2D eigenvalue weighted by atomic mass is 10.1. The summed E-state index contributed by atoms with van der Waals surface area (Å²) in [6, 6.07) is 2.99. The number of hydrogen-bond acceptors (Lipinski definition) is 6.